The summed E-state index contributed by atoms with van der Waals surface area (Å²) in [5.41, 5.74) is -2.80. The van der Waals surface area contributed by atoms with Crippen LogP contribution in [0.1, 0.15) is 68.2 Å². The molecule has 0 spiro atoms. The molecule has 5 heteroatoms. The molecule has 0 aromatic rings. The lowest BCUT2D eigenvalue weighted by Crippen LogP contribution is -2.52. The second-order valence-corrected chi connectivity index (χ2v) is 8.87. The highest BCUT2D eigenvalue weighted by atomic mass is 16.6. The van der Waals surface area contributed by atoms with Crippen LogP contribution >= 0.6 is 0 Å². The van der Waals surface area contributed by atoms with E-state index in [0.717, 1.165) is 0 Å². The van der Waals surface area contributed by atoms with Crippen molar-refractivity contribution in [3.05, 3.63) is 0 Å². The quantitative estimate of drug-likeness (QED) is 0.742. The Hall–Kier alpha value is -1.10. The number of carbonyl (C=O) groups excluding carboxylic acids is 2. The molecule has 0 N–H and O–H groups in total. The number of carbonyl (C=O) groups is 2. The lowest BCUT2D eigenvalue weighted by atomic mass is 9.69. The van der Waals surface area contributed by atoms with E-state index < -0.39 is 22.0 Å². The van der Waals surface area contributed by atoms with Crippen LogP contribution < -0.4 is 0 Å². The molecule has 0 saturated carbocycles. The van der Waals surface area contributed by atoms with E-state index in [1.807, 2.05) is 48.5 Å². The monoisotopic (exact) mass is 328 g/mol. The summed E-state index contributed by atoms with van der Waals surface area (Å²) in [7, 11) is 0. The largest absolute Gasteiger partial charge is 0.459 e. The normalized spacial score (nSPS) is 29.0. The summed E-state index contributed by atoms with van der Waals surface area (Å²) in [5.74, 6) is -0.631. The van der Waals surface area contributed by atoms with Gasteiger partial charge in [-0.2, -0.15) is 0 Å². The maximum Gasteiger partial charge on any atom is 0.314 e. The van der Waals surface area contributed by atoms with Gasteiger partial charge in [0.25, 0.3) is 0 Å². The molecule has 1 saturated heterocycles. The summed E-state index contributed by atoms with van der Waals surface area (Å²) in [5, 5.41) is 0. The van der Waals surface area contributed by atoms with Gasteiger partial charge in [0.1, 0.15) is 11.2 Å². The summed E-state index contributed by atoms with van der Waals surface area (Å²) < 4.78 is 16.8. The molecular weight excluding hydrogens is 296 g/mol. The van der Waals surface area contributed by atoms with Gasteiger partial charge in [0.15, 0.2) is 0 Å². The van der Waals surface area contributed by atoms with Crippen LogP contribution in [-0.4, -0.2) is 36.4 Å². The minimum Gasteiger partial charge on any atom is -0.459 e. The maximum absolute atomic E-state index is 12.7. The molecule has 1 fully saturated rings. The molecule has 1 rings (SSSR count). The summed E-state index contributed by atoms with van der Waals surface area (Å²) in [6.45, 7) is 15.3. The van der Waals surface area contributed by atoms with E-state index in [1.54, 1.807) is 6.92 Å². The van der Waals surface area contributed by atoms with E-state index in [-0.39, 0.29) is 25.2 Å². The highest BCUT2D eigenvalue weighted by molar-refractivity contribution is 5.82. The maximum atomic E-state index is 12.7. The van der Waals surface area contributed by atoms with E-state index in [2.05, 4.69) is 0 Å². The van der Waals surface area contributed by atoms with E-state index >= 15 is 0 Å². The average molecular weight is 328 g/mol. The minimum absolute atomic E-state index is 0.256. The van der Waals surface area contributed by atoms with Crippen molar-refractivity contribution in [2.75, 3.05) is 13.2 Å². The summed E-state index contributed by atoms with van der Waals surface area (Å²) >= 11 is 0. The predicted octanol–water partition coefficient (Wildman–Crippen LogP) is 3.49. The fraction of sp³-hybridized carbons (Fsp3) is 0.889. The first-order valence-electron chi connectivity index (χ1n) is 8.28. The molecule has 2 unspecified atom stereocenters. The molecule has 0 aromatic heterocycles. The van der Waals surface area contributed by atoms with Gasteiger partial charge in [0.2, 0.25) is 0 Å². The lowest BCUT2D eigenvalue weighted by molar-refractivity contribution is -0.195. The number of hydrogen-bond donors (Lipinski definition) is 0. The Morgan fingerprint density at radius 2 is 1.43 bits per heavy atom. The third kappa shape index (κ3) is 5.20. The van der Waals surface area contributed by atoms with Crippen LogP contribution in [0.25, 0.3) is 0 Å². The first-order chi connectivity index (χ1) is 10.2. The topological polar surface area (TPSA) is 61.8 Å². The standard InChI is InChI=1S/C18H32O5/c1-9-18(14(20)23-16(5,6)7)10-17(8,11-21-12-18)13(19)22-15(2,3)4/h9-12H2,1-8H3. The van der Waals surface area contributed by atoms with Gasteiger partial charge >= 0.3 is 11.9 Å². The Balaban J connectivity index is 3.00. The number of ether oxygens (including phenoxy) is 3. The molecule has 0 bridgehead atoms. The van der Waals surface area contributed by atoms with Crippen LogP contribution in [0.3, 0.4) is 0 Å². The van der Waals surface area contributed by atoms with Gasteiger partial charge in [-0.1, -0.05) is 6.92 Å². The molecule has 0 radical (unpaired) electrons. The zero-order valence-electron chi connectivity index (χ0n) is 15.9. The fourth-order valence-electron chi connectivity index (χ4n) is 2.74. The SMILES string of the molecule is CCC1(C(=O)OC(C)(C)C)COCC(C)(C(=O)OC(C)(C)C)C1. The van der Waals surface area contributed by atoms with Gasteiger partial charge in [0.05, 0.1) is 24.0 Å². The zero-order chi connectivity index (χ0) is 18.1. The van der Waals surface area contributed by atoms with Gasteiger partial charge in [0, 0.05) is 0 Å². The third-order valence-corrected chi connectivity index (χ3v) is 3.93. The average Bonchev–Trinajstić information content (AvgIpc) is 2.34. The van der Waals surface area contributed by atoms with Gasteiger partial charge in [-0.25, -0.2) is 0 Å². The van der Waals surface area contributed by atoms with E-state index in [4.69, 9.17) is 14.2 Å². The molecule has 2 atom stereocenters. The van der Waals surface area contributed by atoms with Crippen molar-refractivity contribution in [1.29, 1.82) is 0 Å². The van der Waals surface area contributed by atoms with Crippen molar-refractivity contribution in [2.45, 2.75) is 79.4 Å². The number of hydrogen-bond acceptors (Lipinski definition) is 5. The predicted molar refractivity (Wildman–Crippen MR) is 88.0 cm³/mol. The van der Waals surface area contributed by atoms with Crippen molar-refractivity contribution in [3.63, 3.8) is 0 Å². The highest BCUT2D eigenvalue weighted by Crippen LogP contribution is 2.44. The van der Waals surface area contributed by atoms with Gasteiger partial charge in [-0.3, -0.25) is 9.59 Å². The molecule has 23 heavy (non-hydrogen) atoms. The molecule has 1 heterocycles. The Morgan fingerprint density at radius 3 is 1.87 bits per heavy atom. The molecule has 5 nitrogen and oxygen atoms in total. The Labute approximate surface area is 140 Å². The second kappa shape index (κ2) is 6.42. The van der Waals surface area contributed by atoms with Crippen LogP contribution in [0.2, 0.25) is 0 Å². The van der Waals surface area contributed by atoms with Crippen LogP contribution in [0.5, 0.6) is 0 Å². The molecular formula is C18H32O5. The van der Waals surface area contributed by atoms with Crippen LogP contribution in [0, 0.1) is 10.8 Å². The summed E-state index contributed by atoms with van der Waals surface area (Å²) in [6.07, 6.45) is 0.931. The van der Waals surface area contributed by atoms with Gasteiger partial charge < -0.3 is 14.2 Å². The Bertz CT molecular complexity index is 457. The Morgan fingerprint density at radius 1 is 0.957 bits per heavy atom. The van der Waals surface area contributed by atoms with Crippen molar-refractivity contribution in [1.82, 2.24) is 0 Å². The first-order valence-corrected chi connectivity index (χ1v) is 8.28. The highest BCUT2D eigenvalue weighted by Gasteiger charge is 2.53. The Kier molecular flexibility index (Phi) is 5.57. The molecule has 134 valence electrons. The summed E-state index contributed by atoms with van der Waals surface area (Å²) in [6, 6.07) is 0. The molecule has 0 amide bonds. The molecule has 0 aliphatic carbocycles. The van der Waals surface area contributed by atoms with Gasteiger partial charge in [-0.05, 0) is 61.3 Å². The van der Waals surface area contributed by atoms with Crippen LogP contribution in [0.15, 0.2) is 0 Å². The van der Waals surface area contributed by atoms with E-state index in [9.17, 15) is 9.59 Å². The van der Waals surface area contributed by atoms with Gasteiger partial charge in [-0.15, -0.1) is 0 Å². The fourth-order valence-corrected chi connectivity index (χ4v) is 2.74. The summed E-state index contributed by atoms with van der Waals surface area (Å²) in [4.78, 5) is 25.3. The van der Waals surface area contributed by atoms with Crippen molar-refractivity contribution < 1.29 is 23.8 Å². The zero-order valence-corrected chi connectivity index (χ0v) is 15.9. The molecule has 0 aromatic carbocycles. The molecule has 1 aliphatic heterocycles. The number of rotatable bonds is 3. The van der Waals surface area contributed by atoms with Crippen molar-refractivity contribution >= 4 is 11.9 Å². The minimum atomic E-state index is -0.849. The number of esters is 2. The van der Waals surface area contributed by atoms with Crippen LogP contribution in [-0.2, 0) is 23.8 Å². The van der Waals surface area contributed by atoms with E-state index in [1.165, 1.54) is 0 Å². The van der Waals surface area contributed by atoms with Crippen molar-refractivity contribution in [2.24, 2.45) is 10.8 Å². The molecule has 1 aliphatic rings. The second-order valence-electron chi connectivity index (χ2n) is 8.87. The van der Waals surface area contributed by atoms with Crippen LogP contribution in [0.4, 0.5) is 0 Å². The van der Waals surface area contributed by atoms with E-state index in [0.29, 0.717) is 12.8 Å². The smallest absolute Gasteiger partial charge is 0.314 e. The third-order valence-electron chi connectivity index (χ3n) is 3.93. The van der Waals surface area contributed by atoms with Crippen molar-refractivity contribution in [3.8, 4) is 0 Å². The lowest BCUT2D eigenvalue weighted by Gasteiger charge is -2.44. The first kappa shape index (κ1) is 19.9.